The summed E-state index contributed by atoms with van der Waals surface area (Å²) >= 11 is 5.49. The molecule has 88 valence electrons. The van der Waals surface area contributed by atoms with Crippen LogP contribution in [0.3, 0.4) is 0 Å². The first-order chi connectivity index (χ1) is 7.28. The minimum Gasteiger partial charge on any atom is -0.480 e. The number of halogens is 2. The molecule has 0 saturated carbocycles. The van der Waals surface area contributed by atoms with E-state index in [4.69, 9.17) is 16.7 Å². The summed E-state index contributed by atoms with van der Waals surface area (Å²) in [6, 6.07) is 3.06. The predicted octanol–water partition coefficient (Wildman–Crippen LogP) is 1.31. The quantitative estimate of drug-likeness (QED) is 0.861. The summed E-state index contributed by atoms with van der Waals surface area (Å²) in [4.78, 5) is 10.2. The normalized spacial score (nSPS) is 11.1. The Morgan fingerprint density at radius 2 is 2.06 bits per heavy atom. The molecular weight excluding hydrogens is 261 g/mol. The third-order valence-electron chi connectivity index (χ3n) is 1.45. The first-order valence-electron chi connectivity index (χ1n) is 3.97. The van der Waals surface area contributed by atoms with Crippen molar-refractivity contribution in [3.05, 3.63) is 29.0 Å². The largest absolute Gasteiger partial charge is 0.480 e. The molecule has 0 aromatic heterocycles. The van der Waals surface area contributed by atoms with Crippen molar-refractivity contribution in [1.82, 2.24) is 0 Å². The summed E-state index contributed by atoms with van der Waals surface area (Å²) in [6.45, 7) is 0. The van der Waals surface area contributed by atoms with E-state index in [1.165, 1.54) is 6.07 Å². The predicted molar refractivity (Wildman–Crippen MR) is 56.5 cm³/mol. The van der Waals surface area contributed by atoms with Gasteiger partial charge in [0.15, 0.2) is 5.75 Å². The Morgan fingerprint density at radius 3 is 2.56 bits per heavy atom. The number of hydrogen-bond donors (Lipinski definition) is 2. The zero-order valence-electron chi connectivity index (χ0n) is 7.78. The maximum atomic E-state index is 12.8. The maximum Gasteiger partial charge on any atom is 0.320 e. The molecule has 0 unspecified atom stereocenters. The van der Waals surface area contributed by atoms with E-state index in [2.05, 4.69) is 0 Å². The number of carboxylic acids is 1. The van der Waals surface area contributed by atoms with E-state index in [1.807, 2.05) is 4.72 Å². The highest BCUT2D eigenvalue weighted by atomic mass is 35.5. The number of carbonyl (C=O) groups is 1. The number of anilines is 1. The molecule has 1 rings (SSSR count). The lowest BCUT2D eigenvalue weighted by atomic mass is 10.3. The van der Waals surface area contributed by atoms with Gasteiger partial charge in [0, 0.05) is 5.02 Å². The Hall–Kier alpha value is -1.34. The van der Waals surface area contributed by atoms with Crippen LogP contribution in [0.2, 0.25) is 5.02 Å². The monoisotopic (exact) mass is 267 g/mol. The Morgan fingerprint density at radius 1 is 1.44 bits per heavy atom. The highest BCUT2D eigenvalue weighted by molar-refractivity contribution is 7.93. The van der Waals surface area contributed by atoms with Crippen molar-refractivity contribution in [2.24, 2.45) is 0 Å². The van der Waals surface area contributed by atoms with Crippen LogP contribution in [0, 0.1) is 5.82 Å². The minimum absolute atomic E-state index is 0.00743. The molecule has 1 aromatic rings. The van der Waals surface area contributed by atoms with Gasteiger partial charge in [0.1, 0.15) is 5.82 Å². The Kier molecular flexibility index (Phi) is 3.71. The Bertz CT molecular complexity index is 497. The lowest BCUT2D eigenvalue weighted by molar-refractivity contribution is -0.134. The van der Waals surface area contributed by atoms with Crippen molar-refractivity contribution in [3.8, 4) is 0 Å². The van der Waals surface area contributed by atoms with Crippen molar-refractivity contribution in [2.75, 3.05) is 10.5 Å². The molecule has 0 saturated heterocycles. The molecule has 0 atom stereocenters. The van der Waals surface area contributed by atoms with E-state index in [-0.39, 0.29) is 10.7 Å². The van der Waals surface area contributed by atoms with Crippen LogP contribution >= 0.6 is 11.6 Å². The zero-order valence-corrected chi connectivity index (χ0v) is 9.35. The molecule has 0 aliphatic carbocycles. The van der Waals surface area contributed by atoms with Gasteiger partial charge in [-0.3, -0.25) is 9.52 Å². The molecule has 8 heteroatoms. The van der Waals surface area contributed by atoms with Gasteiger partial charge >= 0.3 is 5.97 Å². The molecule has 0 heterocycles. The van der Waals surface area contributed by atoms with Gasteiger partial charge < -0.3 is 5.11 Å². The SMILES string of the molecule is O=C(O)CS(=O)(=O)Nc1cc(F)cc(Cl)c1. The average molecular weight is 268 g/mol. The van der Waals surface area contributed by atoms with Crippen LogP contribution in [0.5, 0.6) is 0 Å². The fourth-order valence-corrected chi connectivity index (χ4v) is 2.09. The molecule has 16 heavy (non-hydrogen) atoms. The van der Waals surface area contributed by atoms with E-state index in [9.17, 15) is 17.6 Å². The number of nitrogens with one attached hydrogen (secondary N) is 1. The Labute approximate surface area is 95.9 Å². The number of aliphatic carboxylic acids is 1. The van der Waals surface area contributed by atoms with Gasteiger partial charge in [0.25, 0.3) is 0 Å². The van der Waals surface area contributed by atoms with Crippen LogP contribution < -0.4 is 4.72 Å². The summed E-state index contributed by atoms with van der Waals surface area (Å²) in [7, 11) is -4.04. The second kappa shape index (κ2) is 4.67. The summed E-state index contributed by atoms with van der Waals surface area (Å²) in [5, 5.41) is 8.32. The van der Waals surface area contributed by atoms with E-state index in [0.717, 1.165) is 12.1 Å². The third kappa shape index (κ3) is 4.03. The molecule has 0 aliphatic heterocycles. The standard InChI is InChI=1S/C8H7ClFNO4S/c9-5-1-6(10)3-7(2-5)11-16(14,15)4-8(12)13/h1-3,11H,4H2,(H,12,13). The van der Waals surface area contributed by atoms with Crippen molar-refractivity contribution < 1.29 is 22.7 Å². The fourth-order valence-electron chi connectivity index (χ4n) is 0.991. The highest BCUT2D eigenvalue weighted by Crippen LogP contribution is 2.18. The van der Waals surface area contributed by atoms with Crippen LogP contribution in [-0.4, -0.2) is 25.2 Å². The molecule has 0 aliphatic rings. The van der Waals surface area contributed by atoms with Gasteiger partial charge in [-0.05, 0) is 18.2 Å². The van der Waals surface area contributed by atoms with Crippen molar-refractivity contribution in [1.29, 1.82) is 0 Å². The molecule has 2 N–H and O–H groups in total. The van der Waals surface area contributed by atoms with Gasteiger partial charge in [-0.2, -0.15) is 0 Å². The summed E-state index contributed by atoms with van der Waals surface area (Å²) < 4.78 is 37.1. The van der Waals surface area contributed by atoms with Gasteiger partial charge in [0.2, 0.25) is 10.0 Å². The van der Waals surface area contributed by atoms with Crippen molar-refractivity contribution >= 4 is 33.3 Å². The summed E-state index contributed by atoms with van der Waals surface area (Å²) in [6.07, 6.45) is 0. The van der Waals surface area contributed by atoms with E-state index < -0.39 is 27.6 Å². The van der Waals surface area contributed by atoms with Gasteiger partial charge in [-0.25, -0.2) is 12.8 Å². The Balaban J connectivity index is 2.92. The van der Waals surface area contributed by atoms with E-state index >= 15 is 0 Å². The van der Waals surface area contributed by atoms with Crippen LogP contribution in [0.25, 0.3) is 0 Å². The second-order valence-corrected chi connectivity index (χ2v) is 5.07. The molecule has 0 spiro atoms. The molecule has 0 bridgehead atoms. The van der Waals surface area contributed by atoms with Crippen molar-refractivity contribution in [3.63, 3.8) is 0 Å². The van der Waals surface area contributed by atoms with Crippen molar-refractivity contribution in [2.45, 2.75) is 0 Å². The van der Waals surface area contributed by atoms with E-state index in [1.54, 1.807) is 0 Å². The van der Waals surface area contributed by atoms with Crippen LogP contribution in [-0.2, 0) is 14.8 Å². The van der Waals surface area contributed by atoms with Gasteiger partial charge in [-0.1, -0.05) is 11.6 Å². The number of hydrogen-bond acceptors (Lipinski definition) is 3. The lowest BCUT2D eigenvalue weighted by Crippen LogP contribution is -2.22. The molecule has 0 fully saturated rings. The average Bonchev–Trinajstić information content (AvgIpc) is 1.95. The van der Waals surface area contributed by atoms with Gasteiger partial charge in [0.05, 0.1) is 5.69 Å². The first-order valence-corrected chi connectivity index (χ1v) is 6.00. The number of benzene rings is 1. The molecule has 1 aromatic carbocycles. The topological polar surface area (TPSA) is 83.5 Å². The number of sulfonamides is 1. The summed E-state index contributed by atoms with van der Waals surface area (Å²) in [5.74, 6) is -3.32. The van der Waals surface area contributed by atoms with Gasteiger partial charge in [-0.15, -0.1) is 0 Å². The zero-order chi connectivity index (χ0) is 12.3. The number of carboxylic acid groups (broad SMARTS) is 1. The van der Waals surface area contributed by atoms with E-state index in [0.29, 0.717) is 0 Å². The summed E-state index contributed by atoms with van der Waals surface area (Å²) in [5.41, 5.74) is -0.119. The second-order valence-electron chi connectivity index (χ2n) is 2.91. The maximum absolute atomic E-state index is 12.8. The minimum atomic E-state index is -4.04. The first kappa shape index (κ1) is 12.7. The fraction of sp³-hybridized carbons (Fsp3) is 0.125. The van der Waals surface area contributed by atoms with Crippen LogP contribution in [0.15, 0.2) is 18.2 Å². The highest BCUT2D eigenvalue weighted by Gasteiger charge is 2.15. The molecule has 0 amide bonds. The third-order valence-corrected chi connectivity index (χ3v) is 2.84. The molecule has 0 radical (unpaired) electrons. The molecular formula is C8H7ClFNO4S. The number of rotatable bonds is 4. The smallest absolute Gasteiger partial charge is 0.320 e. The van der Waals surface area contributed by atoms with Crippen LogP contribution in [0.4, 0.5) is 10.1 Å². The van der Waals surface area contributed by atoms with Crippen LogP contribution in [0.1, 0.15) is 0 Å². The molecule has 5 nitrogen and oxygen atoms in total. The lowest BCUT2D eigenvalue weighted by Gasteiger charge is -2.06.